The van der Waals surface area contributed by atoms with Crippen LogP contribution in [0.15, 0.2) is 29.2 Å². The highest BCUT2D eigenvalue weighted by molar-refractivity contribution is 7.92. The molecule has 0 aliphatic rings. The molecule has 1 heterocycles. The minimum absolute atomic E-state index is 0.0393. The molecule has 0 aliphatic heterocycles. The molecule has 0 amide bonds. The van der Waals surface area contributed by atoms with Crippen LogP contribution in [0.3, 0.4) is 0 Å². The molecule has 22 heavy (non-hydrogen) atoms. The summed E-state index contributed by atoms with van der Waals surface area (Å²) in [6.07, 6.45) is -4.46. The molecule has 0 atom stereocenters. The van der Waals surface area contributed by atoms with Gasteiger partial charge in [0.2, 0.25) is 0 Å². The van der Waals surface area contributed by atoms with Gasteiger partial charge in [0, 0.05) is 0 Å². The molecule has 2 aromatic rings. The fourth-order valence-electron chi connectivity index (χ4n) is 1.45. The minimum atomic E-state index is -4.46. The molecule has 120 valence electrons. The quantitative estimate of drug-likeness (QED) is 0.868. The van der Waals surface area contributed by atoms with E-state index in [0.717, 1.165) is 24.3 Å². The molecule has 1 aromatic carbocycles. The second kappa shape index (κ2) is 5.83. The first-order valence-corrected chi connectivity index (χ1v) is 7.35. The summed E-state index contributed by atoms with van der Waals surface area (Å²) < 4.78 is 66.9. The number of benzene rings is 1. The van der Waals surface area contributed by atoms with Gasteiger partial charge in [0.15, 0.2) is 12.4 Å². The van der Waals surface area contributed by atoms with Gasteiger partial charge in [0.05, 0.1) is 4.90 Å². The van der Waals surface area contributed by atoms with Crippen LogP contribution in [0.2, 0.25) is 0 Å². The van der Waals surface area contributed by atoms with Crippen LogP contribution in [0, 0.1) is 6.92 Å². The maximum atomic E-state index is 12.1. The van der Waals surface area contributed by atoms with Crippen LogP contribution in [-0.2, 0) is 10.0 Å². The summed E-state index contributed by atoms with van der Waals surface area (Å²) in [5.74, 6) is -0.0497. The number of halogens is 3. The van der Waals surface area contributed by atoms with Crippen LogP contribution in [-0.4, -0.2) is 36.6 Å². The molecule has 0 fully saturated rings. The number of nitrogens with one attached hydrogen (secondary N) is 2. The minimum Gasteiger partial charge on any atom is -0.484 e. The first kappa shape index (κ1) is 16.1. The van der Waals surface area contributed by atoms with Gasteiger partial charge in [-0.2, -0.15) is 23.5 Å². The van der Waals surface area contributed by atoms with Gasteiger partial charge < -0.3 is 4.74 Å². The highest BCUT2D eigenvalue weighted by Crippen LogP contribution is 2.21. The Labute approximate surface area is 123 Å². The summed E-state index contributed by atoms with van der Waals surface area (Å²) in [5.41, 5.74) is 0.355. The third-order valence-electron chi connectivity index (χ3n) is 2.49. The highest BCUT2D eigenvalue weighted by atomic mass is 32.2. The van der Waals surface area contributed by atoms with Gasteiger partial charge in [0.25, 0.3) is 10.0 Å². The van der Waals surface area contributed by atoms with Gasteiger partial charge >= 0.3 is 6.18 Å². The molecular weight excluding hydrogens is 325 g/mol. The van der Waals surface area contributed by atoms with Crippen molar-refractivity contribution in [2.75, 3.05) is 11.3 Å². The van der Waals surface area contributed by atoms with Crippen molar-refractivity contribution in [1.82, 2.24) is 15.4 Å². The lowest BCUT2D eigenvalue weighted by Crippen LogP contribution is -2.19. The van der Waals surface area contributed by atoms with E-state index in [1.54, 1.807) is 6.92 Å². The zero-order chi connectivity index (χ0) is 16.4. The third kappa shape index (κ3) is 4.10. The van der Waals surface area contributed by atoms with Crippen LogP contribution in [0.5, 0.6) is 5.75 Å². The summed E-state index contributed by atoms with van der Waals surface area (Å²) in [6.45, 7) is 0.102. The standard InChI is InChI=1S/C11H11F3N4O3S/c1-7-10(16-18-15-7)17-22(19,20)9-4-2-8(3-5-9)21-6-11(12,13)14/h2-5H,6H2,1H3,(H2,15,16,17,18). The smallest absolute Gasteiger partial charge is 0.422 e. The van der Waals surface area contributed by atoms with E-state index in [1.807, 2.05) is 0 Å². The Hall–Kier alpha value is -2.30. The largest absolute Gasteiger partial charge is 0.484 e. The van der Waals surface area contributed by atoms with Crippen molar-refractivity contribution in [3.63, 3.8) is 0 Å². The lowest BCUT2D eigenvalue weighted by Gasteiger charge is -2.10. The molecule has 0 unspecified atom stereocenters. The normalized spacial score (nSPS) is 12.2. The molecule has 0 radical (unpaired) electrons. The second-order valence-corrected chi connectivity index (χ2v) is 5.92. The van der Waals surface area contributed by atoms with Gasteiger partial charge in [0.1, 0.15) is 11.4 Å². The molecule has 0 aliphatic carbocycles. The van der Waals surface area contributed by atoms with Gasteiger partial charge in [-0.3, -0.25) is 4.72 Å². The van der Waals surface area contributed by atoms with Gasteiger partial charge in [-0.25, -0.2) is 8.42 Å². The van der Waals surface area contributed by atoms with E-state index in [0.29, 0.717) is 5.69 Å². The Morgan fingerprint density at radius 2 is 1.86 bits per heavy atom. The summed E-state index contributed by atoms with van der Waals surface area (Å²) in [4.78, 5) is -0.144. The van der Waals surface area contributed by atoms with Crippen molar-refractivity contribution in [3.05, 3.63) is 30.0 Å². The Balaban J connectivity index is 2.10. The van der Waals surface area contributed by atoms with E-state index in [2.05, 4.69) is 24.9 Å². The highest BCUT2D eigenvalue weighted by Gasteiger charge is 2.28. The predicted octanol–water partition coefficient (Wildman–Crippen LogP) is 1.86. The predicted molar refractivity (Wildman–Crippen MR) is 69.9 cm³/mol. The number of alkyl halides is 3. The fraction of sp³-hybridized carbons (Fsp3) is 0.273. The molecule has 0 saturated carbocycles. The first-order chi connectivity index (χ1) is 10.2. The zero-order valence-corrected chi connectivity index (χ0v) is 12.0. The van der Waals surface area contributed by atoms with Gasteiger partial charge in [-0.05, 0) is 31.2 Å². The summed E-state index contributed by atoms with van der Waals surface area (Å²) in [6, 6.07) is 4.53. The van der Waals surface area contributed by atoms with Crippen molar-refractivity contribution < 1.29 is 26.3 Å². The molecule has 0 bridgehead atoms. The maximum Gasteiger partial charge on any atom is 0.422 e. The third-order valence-corrected chi connectivity index (χ3v) is 3.84. The van der Waals surface area contributed by atoms with Gasteiger partial charge in [-0.15, -0.1) is 5.10 Å². The molecule has 2 rings (SSSR count). The maximum absolute atomic E-state index is 12.1. The number of rotatable bonds is 5. The average molecular weight is 336 g/mol. The molecular formula is C11H11F3N4O3S. The monoisotopic (exact) mass is 336 g/mol. The number of H-pyrrole nitrogens is 1. The number of nitrogens with zero attached hydrogens (tertiary/aromatic N) is 2. The molecule has 11 heteroatoms. The van der Waals surface area contributed by atoms with Crippen LogP contribution < -0.4 is 9.46 Å². The zero-order valence-electron chi connectivity index (χ0n) is 11.2. The Morgan fingerprint density at radius 1 is 1.23 bits per heavy atom. The second-order valence-electron chi connectivity index (χ2n) is 4.24. The van der Waals surface area contributed by atoms with E-state index in [1.165, 1.54) is 0 Å². The Kier molecular flexibility index (Phi) is 4.26. The number of aryl methyl sites for hydroxylation is 1. The van der Waals surface area contributed by atoms with Crippen LogP contribution in [0.1, 0.15) is 5.69 Å². The van der Waals surface area contributed by atoms with Crippen LogP contribution in [0.25, 0.3) is 0 Å². The van der Waals surface area contributed by atoms with Crippen LogP contribution >= 0.6 is 0 Å². The number of anilines is 1. The lowest BCUT2D eigenvalue weighted by atomic mass is 10.3. The molecule has 0 saturated heterocycles. The van der Waals surface area contributed by atoms with Crippen molar-refractivity contribution in [2.24, 2.45) is 0 Å². The number of aromatic nitrogens is 3. The summed E-state index contributed by atoms with van der Waals surface area (Å²) >= 11 is 0. The topological polar surface area (TPSA) is 97.0 Å². The van der Waals surface area contributed by atoms with E-state index in [-0.39, 0.29) is 16.5 Å². The number of aromatic amines is 1. The SMILES string of the molecule is Cc1n[nH]nc1NS(=O)(=O)c1ccc(OCC(F)(F)F)cc1. The molecule has 0 spiro atoms. The Bertz CT molecular complexity index is 741. The molecule has 1 aromatic heterocycles. The molecule has 7 nitrogen and oxygen atoms in total. The van der Waals surface area contributed by atoms with E-state index in [9.17, 15) is 21.6 Å². The Morgan fingerprint density at radius 3 is 2.36 bits per heavy atom. The van der Waals surface area contributed by atoms with Crippen LogP contribution in [0.4, 0.5) is 19.0 Å². The van der Waals surface area contributed by atoms with E-state index in [4.69, 9.17) is 0 Å². The van der Waals surface area contributed by atoms with Crippen molar-refractivity contribution >= 4 is 15.8 Å². The van der Waals surface area contributed by atoms with Gasteiger partial charge in [-0.1, -0.05) is 0 Å². The number of sulfonamides is 1. The van der Waals surface area contributed by atoms with E-state index >= 15 is 0 Å². The summed E-state index contributed by atoms with van der Waals surface area (Å²) in [7, 11) is -3.92. The first-order valence-electron chi connectivity index (χ1n) is 5.87. The average Bonchev–Trinajstić information content (AvgIpc) is 2.81. The summed E-state index contributed by atoms with van der Waals surface area (Å²) in [5, 5.41) is 9.55. The van der Waals surface area contributed by atoms with E-state index < -0.39 is 22.8 Å². The van der Waals surface area contributed by atoms with Crippen molar-refractivity contribution in [3.8, 4) is 5.75 Å². The fourth-order valence-corrected chi connectivity index (χ4v) is 2.51. The van der Waals surface area contributed by atoms with Crippen molar-refractivity contribution in [1.29, 1.82) is 0 Å². The molecule has 2 N–H and O–H groups in total. The number of hydrogen-bond donors (Lipinski definition) is 2. The number of ether oxygens (including phenoxy) is 1. The van der Waals surface area contributed by atoms with Crippen molar-refractivity contribution in [2.45, 2.75) is 18.0 Å². The number of hydrogen-bond acceptors (Lipinski definition) is 5. The lowest BCUT2D eigenvalue weighted by molar-refractivity contribution is -0.153.